The zero-order valence-corrected chi connectivity index (χ0v) is 20.7. The number of hydrogen-bond acceptors (Lipinski definition) is 6. The van der Waals surface area contributed by atoms with Gasteiger partial charge in [0.15, 0.2) is 10.3 Å². The lowest BCUT2D eigenvalue weighted by molar-refractivity contribution is 0.611. The van der Waals surface area contributed by atoms with Crippen LogP contribution in [0.2, 0.25) is 0 Å². The molecule has 0 N–H and O–H groups in total. The van der Waals surface area contributed by atoms with Crippen LogP contribution in [0.25, 0.3) is 0 Å². The highest BCUT2D eigenvalue weighted by Crippen LogP contribution is 2.28. The minimum Gasteiger partial charge on any atom is -0.283 e. The van der Waals surface area contributed by atoms with E-state index in [1.807, 2.05) is 36.4 Å². The molecular weight excluding hydrogens is 464 g/mol. The Morgan fingerprint density at radius 1 is 0.647 bits per heavy atom. The summed E-state index contributed by atoms with van der Waals surface area (Å²) >= 11 is 3.15. The van der Waals surface area contributed by atoms with Crippen LogP contribution in [0.1, 0.15) is 33.4 Å². The van der Waals surface area contributed by atoms with Gasteiger partial charge in [-0.2, -0.15) is 0 Å². The highest BCUT2D eigenvalue weighted by Gasteiger charge is 2.17. The van der Waals surface area contributed by atoms with Crippen molar-refractivity contribution in [2.45, 2.75) is 48.8 Å². The molecule has 1 aliphatic heterocycles. The van der Waals surface area contributed by atoms with Gasteiger partial charge in [0.2, 0.25) is 0 Å². The van der Waals surface area contributed by atoms with Crippen LogP contribution in [-0.4, -0.2) is 19.1 Å². The van der Waals surface area contributed by atoms with Crippen molar-refractivity contribution < 1.29 is 0 Å². The van der Waals surface area contributed by atoms with Gasteiger partial charge in [0.05, 0.1) is 13.1 Å². The Labute approximate surface area is 206 Å². The molecule has 0 aliphatic carbocycles. The fourth-order valence-electron chi connectivity index (χ4n) is 3.99. The predicted octanol–water partition coefficient (Wildman–Crippen LogP) is 4.41. The monoisotopic (exact) mass is 488 g/mol. The Bertz CT molecular complexity index is 1380. The Kier molecular flexibility index (Phi) is 6.43. The molecule has 172 valence electrons. The number of rotatable bonds is 0. The summed E-state index contributed by atoms with van der Waals surface area (Å²) in [7, 11) is 0. The molecule has 2 aromatic heterocycles. The fourth-order valence-corrected chi connectivity index (χ4v) is 5.99. The Morgan fingerprint density at radius 3 is 1.44 bits per heavy atom. The van der Waals surface area contributed by atoms with Gasteiger partial charge in [-0.1, -0.05) is 72.1 Å². The molecule has 1 aliphatic rings. The van der Waals surface area contributed by atoms with Crippen LogP contribution < -0.4 is 11.1 Å². The smallest absolute Gasteiger partial charge is 0.257 e. The fraction of sp³-hybridized carbons (Fsp3) is 0.231. The van der Waals surface area contributed by atoms with Crippen molar-refractivity contribution in [1.29, 1.82) is 0 Å². The highest BCUT2D eigenvalue weighted by atomic mass is 32.2. The van der Waals surface area contributed by atoms with E-state index in [9.17, 15) is 9.59 Å². The van der Waals surface area contributed by atoms with Crippen molar-refractivity contribution in [2.24, 2.45) is 0 Å². The molecule has 0 saturated heterocycles. The topological polar surface area (TPSA) is 69.8 Å². The van der Waals surface area contributed by atoms with Gasteiger partial charge in [0.25, 0.3) is 11.1 Å². The standard InChI is InChI=1S/C26H24N4O2S2/c1-17-11-27-25-29(23(17)31)13-19-7-3-4-8-20(19)14-30-24(32)18(2)12-28-26(30)34-16-22-10-6-5-9-21(22)15-33-25/h3-12H,13-16H2,1-2H3. The number of aryl methyl sites for hydroxylation is 2. The molecule has 8 heteroatoms. The van der Waals surface area contributed by atoms with Gasteiger partial charge < -0.3 is 0 Å². The maximum absolute atomic E-state index is 13.1. The lowest BCUT2D eigenvalue weighted by Gasteiger charge is -2.19. The van der Waals surface area contributed by atoms with Gasteiger partial charge in [-0.3, -0.25) is 18.7 Å². The SMILES string of the molecule is Cc1cnc2n(c1=O)Cc1ccccc1Cn1c(ncc(C)c1=O)SCc1ccccc1CS2. The Hall–Kier alpha value is -3.10. The lowest BCUT2D eigenvalue weighted by Crippen LogP contribution is -2.28. The molecule has 0 fully saturated rings. The first kappa shape index (κ1) is 22.7. The molecule has 5 rings (SSSR count). The molecule has 0 bridgehead atoms. The van der Waals surface area contributed by atoms with Crippen LogP contribution in [-0.2, 0) is 24.6 Å². The van der Waals surface area contributed by atoms with Crippen LogP contribution in [0, 0.1) is 13.8 Å². The summed E-state index contributed by atoms with van der Waals surface area (Å²) in [6, 6.07) is 16.2. The van der Waals surface area contributed by atoms with Crippen molar-refractivity contribution >= 4 is 23.5 Å². The summed E-state index contributed by atoms with van der Waals surface area (Å²) in [4.78, 5) is 35.5. The molecule has 0 spiro atoms. The second-order valence-electron chi connectivity index (χ2n) is 8.34. The third-order valence-corrected chi connectivity index (χ3v) is 8.05. The van der Waals surface area contributed by atoms with Gasteiger partial charge in [0, 0.05) is 35.0 Å². The van der Waals surface area contributed by atoms with Crippen LogP contribution in [0.3, 0.4) is 0 Å². The second kappa shape index (κ2) is 9.64. The van der Waals surface area contributed by atoms with E-state index in [0.717, 1.165) is 11.1 Å². The molecule has 2 aromatic carbocycles. The Balaban J connectivity index is 1.70. The van der Waals surface area contributed by atoms with Crippen LogP contribution in [0.15, 0.2) is 80.8 Å². The average molecular weight is 489 g/mol. The molecule has 34 heavy (non-hydrogen) atoms. The first-order chi connectivity index (χ1) is 16.5. The maximum atomic E-state index is 13.1. The third kappa shape index (κ3) is 4.48. The zero-order valence-electron chi connectivity index (χ0n) is 19.0. The highest BCUT2D eigenvalue weighted by molar-refractivity contribution is 7.98. The number of benzene rings is 2. The number of aromatic nitrogens is 4. The molecule has 0 atom stereocenters. The first-order valence-electron chi connectivity index (χ1n) is 11.0. The second-order valence-corrected chi connectivity index (χ2v) is 10.2. The number of thioether (sulfide) groups is 2. The van der Waals surface area contributed by atoms with Crippen molar-refractivity contribution in [1.82, 2.24) is 19.1 Å². The average Bonchev–Trinajstić information content (AvgIpc) is 2.85. The van der Waals surface area contributed by atoms with Gasteiger partial charge in [-0.25, -0.2) is 9.97 Å². The van der Waals surface area contributed by atoms with E-state index in [1.54, 1.807) is 58.9 Å². The summed E-state index contributed by atoms with van der Waals surface area (Å²) in [6.45, 7) is 4.37. The van der Waals surface area contributed by atoms with Gasteiger partial charge in [-0.05, 0) is 36.1 Å². The van der Waals surface area contributed by atoms with Crippen LogP contribution in [0.4, 0.5) is 0 Å². The van der Waals surface area contributed by atoms with Gasteiger partial charge in [-0.15, -0.1) is 0 Å². The molecule has 0 radical (unpaired) electrons. The molecule has 0 unspecified atom stereocenters. The Morgan fingerprint density at radius 2 is 1.03 bits per heavy atom. The summed E-state index contributed by atoms with van der Waals surface area (Å²) in [6.07, 6.45) is 3.31. The summed E-state index contributed by atoms with van der Waals surface area (Å²) in [5.41, 5.74) is 5.47. The summed E-state index contributed by atoms with van der Waals surface area (Å²) in [5.74, 6) is 1.39. The zero-order chi connectivity index (χ0) is 23.7. The molecule has 4 aromatic rings. The van der Waals surface area contributed by atoms with E-state index in [0.29, 0.717) is 46.0 Å². The molecule has 0 amide bonds. The van der Waals surface area contributed by atoms with Crippen LogP contribution in [0.5, 0.6) is 0 Å². The van der Waals surface area contributed by atoms with E-state index in [1.165, 1.54) is 11.1 Å². The number of fused-ring (bicyclic) bond motifs is 4. The van der Waals surface area contributed by atoms with Crippen molar-refractivity contribution in [2.75, 3.05) is 0 Å². The van der Waals surface area contributed by atoms with Crippen LogP contribution >= 0.6 is 23.5 Å². The minimum absolute atomic E-state index is 0.0432. The molecule has 6 nitrogen and oxygen atoms in total. The third-order valence-electron chi connectivity index (χ3n) is 5.97. The van der Waals surface area contributed by atoms with Crippen molar-refractivity contribution in [3.8, 4) is 0 Å². The number of nitrogens with zero attached hydrogens (tertiary/aromatic N) is 4. The summed E-state index contributed by atoms with van der Waals surface area (Å²) in [5, 5.41) is 1.39. The van der Waals surface area contributed by atoms with E-state index >= 15 is 0 Å². The van der Waals surface area contributed by atoms with Crippen molar-refractivity contribution in [3.05, 3.63) is 115 Å². The lowest BCUT2D eigenvalue weighted by atomic mass is 10.1. The molecular formula is C26H24N4O2S2. The largest absolute Gasteiger partial charge is 0.283 e. The summed E-state index contributed by atoms with van der Waals surface area (Å²) < 4.78 is 3.50. The van der Waals surface area contributed by atoms with Gasteiger partial charge in [0.1, 0.15) is 0 Å². The maximum Gasteiger partial charge on any atom is 0.257 e. The van der Waals surface area contributed by atoms with E-state index in [-0.39, 0.29) is 11.1 Å². The minimum atomic E-state index is -0.0432. The number of hydrogen-bond donors (Lipinski definition) is 0. The predicted molar refractivity (Wildman–Crippen MR) is 137 cm³/mol. The normalized spacial score (nSPS) is 13.7. The van der Waals surface area contributed by atoms with Crippen molar-refractivity contribution in [3.63, 3.8) is 0 Å². The molecule has 3 heterocycles. The van der Waals surface area contributed by atoms with Gasteiger partial charge >= 0.3 is 0 Å². The first-order valence-corrected chi connectivity index (χ1v) is 13.0. The van der Waals surface area contributed by atoms with E-state index < -0.39 is 0 Å². The quantitative estimate of drug-likeness (QED) is 0.342. The van der Waals surface area contributed by atoms with E-state index in [4.69, 9.17) is 0 Å². The molecule has 0 saturated carbocycles. The van der Waals surface area contributed by atoms with E-state index in [2.05, 4.69) is 22.1 Å².